The molecule has 1 aliphatic rings. The summed E-state index contributed by atoms with van der Waals surface area (Å²) in [6, 6.07) is 15.4. The molecule has 3 N–H and O–H groups in total. The van der Waals surface area contributed by atoms with Crippen LogP contribution in [0.15, 0.2) is 65.7 Å². The van der Waals surface area contributed by atoms with Crippen LogP contribution in [0.5, 0.6) is 0 Å². The summed E-state index contributed by atoms with van der Waals surface area (Å²) in [7, 11) is 0. The van der Waals surface area contributed by atoms with Gasteiger partial charge in [0.15, 0.2) is 5.15 Å². The molecule has 0 fully saturated rings. The molecule has 2 aromatic carbocycles. The topological polar surface area (TPSA) is 137 Å². The predicted molar refractivity (Wildman–Crippen MR) is 138 cm³/mol. The van der Waals surface area contributed by atoms with Crippen LogP contribution >= 0.6 is 23.2 Å². The Bertz CT molecular complexity index is 1710. The Kier molecular flexibility index (Phi) is 5.62. The highest BCUT2D eigenvalue weighted by atomic mass is 35.5. The quantitative estimate of drug-likeness (QED) is 0.352. The van der Waals surface area contributed by atoms with Crippen molar-refractivity contribution in [3.05, 3.63) is 98.4 Å². The number of amides is 1. The number of aromatic nitrogens is 7. The number of nitrogens with two attached hydrogens (primary N) is 1. The summed E-state index contributed by atoms with van der Waals surface area (Å²) in [5.74, 6) is 0.0352. The molecule has 0 saturated heterocycles. The van der Waals surface area contributed by atoms with E-state index in [-0.39, 0.29) is 11.6 Å². The highest BCUT2D eigenvalue weighted by Gasteiger charge is 2.29. The Labute approximate surface area is 219 Å². The Morgan fingerprint density at radius 2 is 1.86 bits per heavy atom. The van der Waals surface area contributed by atoms with E-state index in [2.05, 4.69) is 25.5 Å². The van der Waals surface area contributed by atoms with Gasteiger partial charge in [-0.3, -0.25) is 9.59 Å². The maximum Gasteiger partial charge on any atom is 0.251 e. The summed E-state index contributed by atoms with van der Waals surface area (Å²) < 4.78 is 3.27. The fourth-order valence-corrected chi connectivity index (χ4v) is 5.18. The van der Waals surface area contributed by atoms with Crippen molar-refractivity contribution in [2.75, 3.05) is 0 Å². The number of aromatic amines is 1. The second kappa shape index (κ2) is 8.99. The third kappa shape index (κ3) is 4.09. The number of pyridine rings is 1. The average Bonchev–Trinajstić information content (AvgIpc) is 3.64. The Morgan fingerprint density at radius 1 is 1.05 bits per heavy atom. The minimum atomic E-state index is -0.506. The molecule has 4 heterocycles. The molecule has 37 heavy (non-hydrogen) atoms. The molecule has 0 spiro atoms. The second-order valence-corrected chi connectivity index (χ2v) is 9.44. The van der Waals surface area contributed by atoms with Crippen molar-refractivity contribution in [1.82, 2.24) is 34.7 Å². The first kappa shape index (κ1) is 23.1. The molecule has 0 bridgehead atoms. The van der Waals surface area contributed by atoms with Crippen LogP contribution in [0.25, 0.3) is 28.2 Å². The number of rotatable bonds is 5. The number of fused-ring (bicyclic) bond motifs is 1. The smallest absolute Gasteiger partial charge is 0.251 e. The number of hydrogen-bond acceptors (Lipinski definition) is 6. The van der Waals surface area contributed by atoms with Crippen LogP contribution in [-0.2, 0) is 6.42 Å². The summed E-state index contributed by atoms with van der Waals surface area (Å²) in [5, 5.41) is 12.2. The molecule has 1 atom stereocenters. The number of tetrazole rings is 1. The number of primary amides is 1. The van der Waals surface area contributed by atoms with E-state index in [0.29, 0.717) is 45.8 Å². The lowest BCUT2D eigenvalue weighted by Gasteiger charge is -2.15. The summed E-state index contributed by atoms with van der Waals surface area (Å²) in [6.07, 6.45) is 2.84. The monoisotopic (exact) mass is 532 g/mol. The third-order valence-corrected chi connectivity index (χ3v) is 6.98. The zero-order valence-corrected chi connectivity index (χ0v) is 20.6. The minimum absolute atomic E-state index is 0.171. The summed E-state index contributed by atoms with van der Waals surface area (Å²) in [5.41, 5.74) is 9.99. The van der Waals surface area contributed by atoms with E-state index < -0.39 is 5.91 Å². The first-order chi connectivity index (χ1) is 17.9. The number of H-pyrrole nitrogens is 1. The number of benzene rings is 2. The second-order valence-electron chi connectivity index (χ2n) is 8.65. The van der Waals surface area contributed by atoms with Gasteiger partial charge in [0.2, 0.25) is 5.91 Å². The van der Waals surface area contributed by atoms with Crippen LogP contribution in [0.1, 0.15) is 34.2 Å². The molecule has 5 aromatic rings. The fourth-order valence-electron chi connectivity index (χ4n) is 4.75. The Hall–Kier alpha value is -4.28. The highest BCUT2D eigenvalue weighted by Crippen LogP contribution is 2.37. The predicted octanol–water partition coefficient (Wildman–Crippen LogP) is 3.82. The molecular formula is C25H18Cl2N8O2. The van der Waals surface area contributed by atoms with E-state index in [1.165, 1.54) is 11.0 Å². The van der Waals surface area contributed by atoms with Crippen molar-refractivity contribution in [1.29, 1.82) is 0 Å². The van der Waals surface area contributed by atoms with Gasteiger partial charge in [0.25, 0.3) is 5.56 Å². The minimum Gasteiger partial charge on any atom is -0.366 e. The molecule has 1 amide bonds. The molecule has 0 radical (unpaired) electrons. The summed E-state index contributed by atoms with van der Waals surface area (Å²) in [4.78, 5) is 32.5. The molecule has 0 saturated carbocycles. The number of carbonyl (C=O) groups excluding carboxylic acids is 1. The van der Waals surface area contributed by atoms with E-state index in [9.17, 15) is 9.59 Å². The van der Waals surface area contributed by atoms with Crippen molar-refractivity contribution in [2.24, 2.45) is 5.73 Å². The summed E-state index contributed by atoms with van der Waals surface area (Å²) in [6.45, 7) is 0. The largest absolute Gasteiger partial charge is 0.366 e. The molecule has 10 nitrogen and oxygen atoms in total. The first-order valence-corrected chi connectivity index (χ1v) is 12.1. The molecule has 0 unspecified atom stereocenters. The zero-order valence-electron chi connectivity index (χ0n) is 19.1. The lowest BCUT2D eigenvalue weighted by atomic mass is 10.0. The van der Waals surface area contributed by atoms with Gasteiger partial charge in [0.05, 0.1) is 17.4 Å². The van der Waals surface area contributed by atoms with Crippen LogP contribution in [0.3, 0.4) is 0 Å². The third-order valence-electron chi connectivity index (χ3n) is 6.46. The maximum absolute atomic E-state index is 13.4. The fraction of sp³-hybridized carbons (Fsp3) is 0.120. The van der Waals surface area contributed by atoms with Crippen LogP contribution in [0.2, 0.25) is 10.2 Å². The van der Waals surface area contributed by atoms with E-state index in [0.717, 1.165) is 22.4 Å². The number of carbonyl (C=O) groups is 1. The van der Waals surface area contributed by atoms with Gasteiger partial charge < -0.3 is 15.3 Å². The van der Waals surface area contributed by atoms with Crippen LogP contribution in [0.4, 0.5) is 0 Å². The van der Waals surface area contributed by atoms with Crippen LogP contribution < -0.4 is 11.3 Å². The van der Waals surface area contributed by atoms with Crippen molar-refractivity contribution < 1.29 is 4.79 Å². The molecular weight excluding hydrogens is 515 g/mol. The number of hydrogen-bond donors (Lipinski definition) is 2. The van der Waals surface area contributed by atoms with Gasteiger partial charge in [-0.2, -0.15) is 4.68 Å². The molecule has 3 aromatic heterocycles. The number of nitrogens with one attached hydrogen (secondary N) is 1. The maximum atomic E-state index is 13.4. The zero-order chi connectivity index (χ0) is 25.7. The van der Waals surface area contributed by atoms with Gasteiger partial charge in [-0.05, 0) is 65.2 Å². The molecule has 0 aliphatic carbocycles. The Morgan fingerprint density at radius 3 is 2.59 bits per heavy atom. The van der Waals surface area contributed by atoms with Crippen molar-refractivity contribution in [3.8, 4) is 28.2 Å². The van der Waals surface area contributed by atoms with E-state index in [1.54, 1.807) is 47.0 Å². The van der Waals surface area contributed by atoms with Crippen molar-refractivity contribution >= 4 is 29.1 Å². The lowest BCUT2D eigenvalue weighted by Crippen LogP contribution is -2.23. The van der Waals surface area contributed by atoms with Crippen molar-refractivity contribution in [2.45, 2.75) is 18.9 Å². The molecule has 184 valence electrons. The van der Waals surface area contributed by atoms with Gasteiger partial charge in [0, 0.05) is 33.5 Å². The normalized spacial score (nSPS) is 14.6. The van der Waals surface area contributed by atoms with E-state index >= 15 is 0 Å². The number of nitrogens with zero attached hydrogens (tertiary/aromatic N) is 6. The van der Waals surface area contributed by atoms with Gasteiger partial charge in [-0.1, -0.05) is 35.3 Å². The standard InChI is InChI=1S/C25H18Cl2N8O2/c26-16-5-7-19(34-12-29-32-33-34)18(11-16)15-9-17-6-8-20(35(17)21(36)10-15)22-23(27)31-25(30-22)14-3-1-13(2-4-14)24(28)37/h1-5,7,9-12,20H,6,8H2,(H2,28,37)(H,30,31)/t20-/m0/s1. The van der Waals surface area contributed by atoms with Crippen LogP contribution in [0, 0.1) is 0 Å². The van der Waals surface area contributed by atoms with Gasteiger partial charge in [0.1, 0.15) is 12.2 Å². The highest BCUT2D eigenvalue weighted by molar-refractivity contribution is 6.31. The van der Waals surface area contributed by atoms with Crippen LogP contribution in [-0.4, -0.2) is 40.6 Å². The van der Waals surface area contributed by atoms with Crippen molar-refractivity contribution in [3.63, 3.8) is 0 Å². The van der Waals surface area contributed by atoms with Gasteiger partial charge in [-0.15, -0.1) is 5.10 Å². The number of imidazole rings is 1. The first-order valence-electron chi connectivity index (χ1n) is 11.3. The number of aryl methyl sites for hydroxylation is 1. The number of halogens is 2. The lowest BCUT2D eigenvalue weighted by molar-refractivity contribution is 0.100. The van der Waals surface area contributed by atoms with Gasteiger partial charge >= 0.3 is 0 Å². The molecule has 1 aliphatic heterocycles. The SMILES string of the molecule is NC(=O)c1ccc(-c2nc(Cl)c([C@@H]3CCc4cc(-c5cc(Cl)ccc5-n5cnnn5)cc(=O)n43)[nH]2)cc1. The summed E-state index contributed by atoms with van der Waals surface area (Å²) >= 11 is 12.8. The van der Waals surface area contributed by atoms with E-state index in [1.807, 2.05) is 12.1 Å². The van der Waals surface area contributed by atoms with E-state index in [4.69, 9.17) is 28.9 Å². The molecule has 12 heteroatoms. The molecule has 6 rings (SSSR count). The Balaban J connectivity index is 1.38. The van der Waals surface area contributed by atoms with Gasteiger partial charge in [-0.25, -0.2) is 4.98 Å². The average molecular weight is 533 g/mol.